The Kier molecular flexibility index (Phi) is 8.56. The maximum atomic E-state index is 12.3. The molecule has 0 aliphatic rings. The zero-order valence-corrected chi connectivity index (χ0v) is 14.6. The van der Waals surface area contributed by atoms with Crippen molar-refractivity contribution in [3.8, 4) is 5.75 Å². The molecule has 7 nitrogen and oxygen atoms in total. The van der Waals surface area contributed by atoms with E-state index in [0.717, 1.165) is 0 Å². The van der Waals surface area contributed by atoms with Gasteiger partial charge in [0.2, 0.25) is 0 Å². The molecule has 0 fully saturated rings. The summed E-state index contributed by atoms with van der Waals surface area (Å²) < 4.78 is 4.97. The third kappa shape index (κ3) is 5.69. The lowest BCUT2D eigenvalue weighted by Crippen LogP contribution is -2.34. The fourth-order valence-corrected chi connectivity index (χ4v) is 1.96. The molecule has 0 bridgehead atoms. The molecule has 0 aliphatic heterocycles. The van der Waals surface area contributed by atoms with E-state index in [1.807, 2.05) is 13.8 Å². The molecule has 130 valence electrons. The number of ether oxygens (including phenoxy) is 1. The molecule has 0 heterocycles. The molecule has 0 saturated heterocycles. The number of rotatable bonds is 7. The Labute approximate surface area is 142 Å². The Morgan fingerprint density at radius 3 is 2.52 bits per heavy atom. The molecule has 0 aliphatic carbocycles. The lowest BCUT2D eigenvalue weighted by molar-refractivity contribution is -0.385. The standard InChI is InChI=1S/C15H23N3O4.ClH/c1-10(2)12(16)7-8-17(3)15(19)11-5-6-13(18(20)21)14(9-11)22-4;/h5-6,9-10,12H,7-8,16H2,1-4H3;1H. The lowest BCUT2D eigenvalue weighted by Gasteiger charge is -2.21. The number of benzene rings is 1. The quantitative estimate of drug-likeness (QED) is 0.604. The van der Waals surface area contributed by atoms with E-state index in [1.54, 1.807) is 11.9 Å². The molecule has 0 radical (unpaired) electrons. The van der Waals surface area contributed by atoms with Crippen LogP contribution < -0.4 is 10.5 Å². The number of methoxy groups -OCH3 is 1. The van der Waals surface area contributed by atoms with Crippen LogP contribution in [0.5, 0.6) is 5.75 Å². The number of nitrogens with two attached hydrogens (primary N) is 1. The highest BCUT2D eigenvalue weighted by Gasteiger charge is 2.20. The summed E-state index contributed by atoms with van der Waals surface area (Å²) in [4.78, 5) is 24.2. The number of halogens is 1. The smallest absolute Gasteiger partial charge is 0.310 e. The second-order valence-corrected chi connectivity index (χ2v) is 5.57. The molecule has 23 heavy (non-hydrogen) atoms. The fourth-order valence-electron chi connectivity index (χ4n) is 1.96. The van der Waals surface area contributed by atoms with Crippen LogP contribution in [0, 0.1) is 16.0 Å². The molecular weight excluding hydrogens is 322 g/mol. The molecule has 1 amide bonds. The molecule has 8 heteroatoms. The van der Waals surface area contributed by atoms with E-state index >= 15 is 0 Å². The van der Waals surface area contributed by atoms with Crippen molar-refractivity contribution in [2.45, 2.75) is 26.3 Å². The van der Waals surface area contributed by atoms with Gasteiger partial charge in [-0.05, 0) is 18.4 Å². The predicted molar refractivity (Wildman–Crippen MR) is 91.3 cm³/mol. The Hall–Kier alpha value is -1.86. The van der Waals surface area contributed by atoms with Gasteiger partial charge in [-0.1, -0.05) is 13.8 Å². The van der Waals surface area contributed by atoms with E-state index in [4.69, 9.17) is 10.5 Å². The third-order valence-electron chi connectivity index (χ3n) is 3.62. The average molecular weight is 346 g/mol. The Bertz CT molecular complexity index is 552. The number of carbonyl (C=O) groups is 1. The van der Waals surface area contributed by atoms with E-state index in [9.17, 15) is 14.9 Å². The molecule has 0 spiro atoms. The minimum atomic E-state index is -0.543. The number of amides is 1. The summed E-state index contributed by atoms with van der Waals surface area (Å²) in [6, 6.07) is 4.13. The van der Waals surface area contributed by atoms with Crippen molar-refractivity contribution in [2.75, 3.05) is 20.7 Å². The van der Waals surface area contributed by atoms with Crippen LogP contribution in [0.2, 0.25) is 0 Å². The van der Waals surface area contributed by atoms with Gasteiger partial charge in [0.1, 0.15) is 0 Å². The van der Waals surface area contributed by atoms with Crippen LogP contribution in [-0.4, -0.2) is 42.5 Å². The first-order chi connectivity index (χ1) is 10.3. The van der Waals surface area contributed by atoms with Crippen molar-refractivity contribution in [1.82, 2.24) is 4.90 Å². The predicted octanol–water partition coefficient (Wildman–Crippen LogP) is 2.47. The molecule has 2 N–H and O–H groups in total. The van der Waals surface area contributed by atoms with E-state index in [2.05, 4.69) is 0 Å². The van der Waals surface area contributed by atoms with Gasteiger partial charge in [0.15, 0.2) is 5.75 Å². The van der Waals surface area contributed by atoms with Gasteiger partial charge in [0.05, 0.1) is 12.0 Å². The van der Waals surface area contributed by atoms with E-state index < -0.39 is 4.92 Å². The molecule has 1 atom stereocenters. The van der Waals surface area contributed by atoms with Crippen LogP contribution in [0.3, 0.4) is 0 Å². The highest BCUT2D eigenvalue weighted by Crippen LogP contribution is 2.27. The third-order valence-corrected chi connectivity index (χ3v) is 3.62. The second-order valence-electron chi connectivity index (χ2n) is 5.57. The summed E-state index contributed by atoms with van der Waals surface area (Å²) in [5, 5.41) is 10.9. The normalized spacial score (nSPS) is 11.6. The summed E-state index contributed by atoms with van der Waals surface area (Å²) in [7, 11) is 3.02. The summed E-state index contributed by atoms with van der Waals surface area (Å²) in [5.74, 6) is 0.204. The van der Waals surface area contributed by atoms with Crippen molar-refractivity contribution < 1.29 is 14.5 Å². The van der Waals surface area contributed by atoms with Gasteiger partial charge in [0, 0.05) is 37.3 Å². The van der Waals surface area contributed by atoms with Crippen LogP contribution in [0.25, 0.3) is 0 Å². The van der Waals surface area contributed by atoms with Crippen LogP contribution >= 0.6 is 12.4 Å². The maximum Gasteiger partial charge on any atom is 0.310 e. The lowest BCUT2D eigenvalue weighted by atomic mass is 10.0. The van der Waals surface area contributed by atoms with Crippen molar-refractivity contribution in [3.63, 3.8) is 0 Å². The monoisotopic (exact) mass is 345 g/mol. The van der Waals surface area contributed by atoms with Gasteiger partial charge in [-0.2, -0.15) is 0 Å². The Morgan fingerprint density at radius 1 is 1.43 bits per heavy atom. The van der Waals surface area contributed by atoms with Crippen molar-refractivity contribution in [2.24, 2.45) is 11.7 Å². The van der Waals surface area contributed by atoms with Gasteiger partial charge in [-0.3, -0.25) is 14.9 Å². The number of hydrogen-bond acceptors (Lipinski definition) is 5. The van der Waals surface area contributed by atoms with Crippen LogP contribution in [-0.2, 0) is 0 Å². The van der Waals surface area contributed by atoms with Gasteiger partial charge in [-0.25, -0.2) is 0 Å². The van der Waals surface area contributed by atoms with Gasteiger partial charge in [-0.15, -0.1) is 12.4 Å². The number of nitrogens with zero attached hydrogens (tertiary/aromatic N) is 2. The van der Waals surface area contributed by atoms with E-state index in [1.165, 1.54) is 25.3 Å². The zero-order chi connectivity index (χ0) is 16.9. The minimum Gasteiger partial charge on any atom is -0.490 e. The molecule has 0 saturated carbocycles. The van der Waals surface area contributed by atoms with Gasteiger partial charge in [0.25, 0.3) is 5.91 Å². The first kappa shape index (κ1) is 21.1. The summed E-state index contributed by atoms with van der Waals surface area (Å²) >= 11 is 0. The fraction of sp³-hybridized carbons (Fsp3) is 0.533. The SMILES string of the molecule is COc1cc(C(=O)N(C)CCC(N)C(C)C)ccc1[N+](=O)[O-].Cl. The summed E-state index contributed by atoms with van der Waals surface area (Å²) in [6.07, 6.45) is 0.698. The number of nitro benzene ring substituents is 1. The molecular formula is C15H24ClN3O4. The van der Waals surface area contributed by atoms with E-state index in [0.29, 0.717) is 24.4 Å². The van der Waals surface area contributed by atoms with Crippen LogP contribution in [0.1, 0.15) is 30.6 Å². The first-order valence-electron chi connectivity index (χ1n) is 7.11. The second kappa shape index (κ2) is 9.32. The topological polar surface area (TPSA) is 98.7 Å². The zero-order valence-electron chi connectivity index (χ0n) is 13.8. The molecule has 1 unspecified atom stereocenters. The largest absolute Gasteiger partial charge is 0.490 e. The first-order valence-corrected chi connectivity index (χ1v) is 7.11. The van der Waals surface area contributed by atoms with Crippen molar-refractivity contribution >= 4 is 24.0 Å². The highest BCUT2D eigenvalue weighted by atomic mass is 35.5. The van der Waals surface area contributed by atoms with E-state index in [-0.39, 0.29) is 35.8 Å². The maximum absolute atomic E-state index is 12.3. The van der Waals surface area contributed by atoms with Gasteiger partial charge >= 0.3 is 5.69 Å². The summed E-state index contributed by atoms with van der Waals surface area (Å²) in [5.41, 5.74) is 6.16. The van der Waals surface area contributed by atoms with Crippen molar-refractivity contribution in [1.29, 1.82) is 0 Å². The number of nitro groups is 1. The molecule has 1 rings (SSSR count). The molecule has 1 aromatic carbocycles. The van der Waals surface area contributed by atoms with Gasteiger partial charge < -0.3 is 15.4 Å². The highest BCUT2D eigenvalue weighted by molar-refractivity contribution is 5.94. The molecule has 0 aromatic heterocycles. The summed E-state index contributed by atoms with van der Waals surface area (Å²) in [6.45, 7) is 4.60. The van der Waals surface area contributed by atoms with Crippen LogP contribution in [0.15, 0.2) is 18.2 Å². The van der Waals surface area contributed by atoms with Crippen LogP contribution in [0.4, 0.5) is 5.69 Å². The Balaban J connectivity index is 0.00000484. The number of hydrogen-bond donors (Lipinski definition) is 1. The molecule has 1 aromatic rings. The Morgan fingerprint density at radius 2 is 2.04 bits per heavy atom. The average Bonchev–Trinajstić information content (AvgIpc) is 2.50. The minimum absolute atomic E-state index is 0. The number of carbonyl (C=O) groups excluding carboxylic acids is 1. The van der Waals surface area contributed by atoms with Crippen molar-refractivity contribution in [3.05, 3.63) is 33.9 Å².